The first-order chi connectivity index (χ1) is 13.4. The summed E-state index contributed by atoms with van der Waals surface area (Å²) >= 11 is 1.49. The van der Waals surface area contributed by atoms with Gasteiger partial charge in [-0.2, -0.15) is 0 Å². The summed E-state index contributed by atoms with van der Waals surface area (Å²) in [6.07, 6.45) is 3.07. The van der Waals surface area contributed by atoms with Gasteiger partial charge in [-0.05, 0) is 62.6 Å². The van der Waals surface area contributed by atoms with Crippen molar-refractivity contribution < 1.29 is 19.1 Å². The van der Waals surface area contributed by atoms with Crippen LogP contribution in [-0.4, -0.2) is 25.1 Å². The highest BCUT2D eigenvalue weighted by molar-refractivity contribution is 7.17. The zero-order valence-electron chi connectivity index (χ0n) is 16.9. The summed E-state index contributed by atoms with van der Waals surface area (Å²) in [6.45, 7) is 8.02. The molecular weight excluding hydrogens is 374 g/mol. The van der Waals surface area contributed by atoms with Gasteiger partial charge in [-0.3, -0.25) is 4.79 Å². The minimum atomic E-state index is -0.361. The summed E-state index contributed by atoms with van der Waals surface area (Å²) in [5.41, 5.74) is 3.54. The molecule has 5 nitrogen and oxygen atoms in total. The standard InChI is InChI=1S/C22H27NO4S/c1-5-26-22(25)19-18-13(2)8-7-11-16(18)28-21(19)23-17(24)12-27-20-14(3)9-6-10-15(20)4/h6,9-10,13H,5,7-8,11-12H2,1-4H3,(H,23,24). The van der Waals surface area contributed by atoms with Gasteiger partial charge >= 0.3 is 5.97 Å². The van der Waals surface area contributed by atoms with Crippen LogP contribution in [0.4, 0.5) is 5.00 Å². The zero-order chi connectivity index (χ0) is 20.3. The number of aryl methyl sites for hydroxylation is 3. The third-order valence-corrected chi connectivity index (χ3v) is 6.23. The molecule has 3 rings (SSSR count). The number of carbonyl (C=O) groups is 2. The minimum absolute atomic E-state index is 0.105. The Bertz CT molecular complexity index is 867. The Labute approximate surface area is 170 Å². The van der Waals surface area contributed by atoms with Gasteiger partial charge in [0.25, 0.3) is 5.91 Å². The molecule has 2 aromatic rings. The maximum Gasteiger partial charge on any atom is 0.341 e. The van der Waals surface area contributed by atoms with Gasteiger partial charge in [0, 0.05) is 4.88 Å². The SMILES string of the molecule is CCOC(=O)c1c(NC(=O)COc2c(C)cccc2C)sc2c1C(C)CCC2. The highest BCUT2D eigenvalue weighted by Gasteiger charge is 2.30. The van der Waals surface area contributed by atoms with E-state index in [9.17, 15) is 9.59 Å². The monoisotopic (exact) mass is 401 g/mol. The molecular formula is C22H27NO4S. The maximum atomic E-state index is 12.6. The molecule has 0 radical (unpaired) electrons. The number of amides is 1. The summed E-state index contributed by atoms with van der Waals surface area (Å²) in [7, 11) is 0. The molecule has 0 spiro atoms. The Kier molecular flexibility index (Phi) is 6.39. The van der Waals surface area contributed by atoms with E-state index >= 15 is 0 Å². The fourth-order valence-electron chi connectivity index (χ4n) is 3.73. The van der Waals surface area contributed by atoms with E-state index < -0.39 is 0 Å². The second-order valence-electron chi connectivity index (χ2n) is 7.21. The quantitative estimate of drug-likeness (QED) is 0.692. The smallest absolute Gasteiger partial charge is 0.341 e. The second-order valence-corrected chi connectivity index (χ2v) is 8.32. The van der Waals surface area contributed by atoms with E-state index in [0.29, 0.717) is 17.2 Å². The number of esters is 1. The third kappa shape index (κ3) is 4.22. The van der Waals surface area contributed by atoms with Gasteiger partial charge in [0.15, 0.2) is 6.61 Å². The van der Waals surface area contributed by atoms with Gasteiger partial charge in [0.2, 0.25) is 0 Å². The van der Waals surface area contributed by atoms with Crippen LogP contribution in [0, 0.1) is 13.8 Å². The molecule has 28 heavy (non-hydrogen) atoms. The van der Waals surface area contributed by atoms with Crippen LogP contribution in [0.25, 0.3) is 0 Å². The molecule has 1 amide bonds. The molecule has 0 bridgehead atoms. The molecule has 1 aromatic carbocycles. The molecule has 6 heteroatoms. The van der Waals surface area contributed by atoms with Crippen LogP contribution < -0.4 is 10.1 Å². The van der Waals surface area contributed by atoms with Gasteiger partial charge in [0.05, 0.1) is 12.2 Å². The molecule has 0 aliphatic heterocycles. The number of hydrogen-bond acceptors (Lipinski definition) is 5. The van der Waals surface area contributed by atoms with Crippen molar-refractivity contribution in [1.82, 2.24) is 0 Å². The van der Waals surface area contributed by atoms with E-state index in [1.165, 1.54) is 16.2 Å². The van der Waals surface area contributed by atoms with Crippen LogP contribution in [0.15, 0.2) is 18.2 Å². The summed E-state index contributed by atoms with van der Waals surface area (Å²) in [6, 6.07) is 5.86. The Morgan fingerprint density at radius 2 is 1.96 bits per heavy atom. The largest absolute Gasteiger partial charge is 0.483 e. The number of anilines is 1. The van der Waals surface area contributed by atoms with Crippen molar-refractivity contribution in [2.24, 2.45) is 0 Å². The van der Waals surface area contributed by atoms with E-state index in [4.69, 9.17) is 9.47 Å². The Morgan fingerprint density at radius 3 is 2.64 bits per heavy atom. The van der Waals surface area contributed by atoms with Crippen molar-refractivity contribution >= 4 is 28.2 Å². The summed E-state index contributed by atoms with van der Waals surface area (Å²) in [4.78, 5) is 26.3. The van der Waals surface area contributed by atoms with E-state index in [2.05, 4.69) is 12.2 Å². The van der Waals surface area contributed by atoms with E-state index in [0.717, 1.165) is 41.7 Å². The van der Waals surface area contributed by atoms with Gasteiger partial charge in [-0.15, -0.1) is 11.3 Å². The molecule has 1 atom stereocenters. The van der Waals surface area contributed by atoms with Crippen molar-refractivity contribution in [3.05, 3.63) is 45.3 Å². The number of ether oxygens (including phenoxy) is 2. The first-order valence-corrected chi connectivity index (χ1v) is 10.6. The van der Waals surface area contributed by atoms with Crippen molar-refractivity contribution in [2.75, 3.05) is 18.5 Å². The van der Waals surface area contributed by atoms with Crippen LogP contribution in [0.2, 0.25) is 0 Å². The first kappa shape index (κ1) is 20.4. The predicted octanol–water partition coefficient (Wildman–Crippen LogP) is 5.00. The topological polar surface area (TPSA) is 64.6 Å². The Morgan fingerprint density at radius 1 is 1.25 bits per heavy atom. The number of para-hydroxylation sites is 1. The van der Waals surface area contributed by atoms with Crippen molar-refractivity contribution in [3.8, 4) is 5.75 Å². The van der Waals surface area contributed by atoms with Crippen LogP contribution >= 0.6 is 11.3 Å². The van der Waals surface area contributed by atoms with E-state index in [1.54, 1.807) is 6.92 Å². The number of fused-ring (bicyclic) bond motifs is 1. The molecule has 1 aromatic heterocycles. The lowest BCUT2D eigenvalue weighted by atomic mass is 9.86. The molecule has 0 fully saturated rings. The number of rotatable bonds is 6. The molecule has 1 aliphatic carbocycles. The van der Waals surface area contributed by atoms with Crippen LogP contribution in [0.5, 0.6) is 5.75 Å². The molecule has 150 valence electrons. The number of carbonyl (C=O) groups excluding carboxylic acids is 2. The van der Waals surface area contributed by atoms with Crippen LogP contribution in [0.1, 0.15) is 64.5 Å². The molecule has 1 aliphatic rings. The lowest BCUT2D eigenvalue weighted by molar-refractivity contribution is -0.118. The van der Waals surface area contributed by atoms with Gasteiger partial charge in [0.1, 0.15) is 10.8 Å². The minimum Gasteiger partial charge on any atom is -0.483 e. The summed E-state index contributed by atoms with van der Waals surface area (Å²) in [5.74, 6) is 0.373. The van der Waals surface area contributed by atoms with Crippen molar-refractivity contribution in [1.29, 1.82) is 0 Å². The fraction of sp³-hybridized carbons (Fsp3) is 0.455. The predicted molar refractivity (Wildman–Crippen MR) is 112 cm³/mol. The number of nitrogens with one attached hydrogen (secondary N) is 1. The number of hydrogen-bond donors (Lipinski definition) is 1. The zero-order valence-corrected chi connectivity index (χ0v) is 17.7. The summed E-state index contributed by atoms with van der Waals surface area (Å²) in [5, 5.41) is 3.47. The highest BCUT2D eigenvalue weighted by atomic mass is 32.1. The first-order valence-electron chi connectivity index (χ1n) is 9.73. The van der Waals surface area contributed by atoms with Crippen molar-refractivity contribution in [2.45, 2.75) is 52.9 Å². The van der Waals surface area contributed by atoms with Crippen molar-refractivity contribution in [3.63, 3.8) is 0 Å². The fourth-order valence-corrected chi connectivity index (χ4v) is 5.10. The number of benzene rings is 1. The maximum absolute atomic E-state index is 12.6. The average molecular weight is 402 g/mol. The molecule has 1 N–H and O–H groups in total. The summed E-state index contributed by atoms with van der Waals surface area (Å²) < 4.78 is 11.0. The normalized spacial score (nSPS) is 15.6. The van der Waals surface area contributed by atoms with Crippen LogP contribution in [0.3, 0.4) is 0 Å². The molecule has 0 saturated carbocycles. The molecule has 1 unspecified atom stereocenters. The second kappa shape index (κ2) is 8.78. The molecule has 0 saturated heterocycles. The van der Waals surface area contributed by atoms with Crippen LogP contribution in [-0.2, 0) is 16.0 Å². The van der Waals surface area contributed by atoms with Gasteiger partial charge < -0.3 is 14.8 Å². The Hall–Kier alpha value is -2.34. The van der Waals surface area contributed by atoms with E-state index in [-0.39, 0.29) is 24.4 Å². The Balaban J connectivity index is 1.79. The number of thiophene rings is 1. The lowest BCUT2D eigenvalue weighted by Crippen LogP contribution is -2.22. The van der Waals surface area contributed by atoms with E-state index in [1.807, 2.05) is 32.0 Å². The highest BCUT2D eigenvalue weighted by Crippen LogP contribution is 2.43. The molecule has 1 heterocycles. The lowest BCUT2D eigenvalue weighted by Gasteiger charge is -2.19. The van der Waals surface area contributed by atoms with Gasteiger partial charge in [-0.25, -0.2) is 4.79 Å². The average Bonchev–Trinajstić information content (AvgIpc) is 3.01. The van der Waals surface area contributed by atoms with Gasteiger partial charge in [-0.1, -0.05) is 25.1 Å². The third-order valence-electron chi connectivity index (χ3n) is 5.04.